The molecule has 3 N–H and O–H groups in total. The quantitative estimate of drug-likeness (QED) is 0.752. The number of hydrogen-bond donors (Lipinski definition) is 2. The number of aromatic nitrogens is 1. The van der Waals surface area contributed by atoms with Gasteiger partial charge in [-0.15, -0.1) is 0 Å². The third-order valence-corrected chi connectivity index (χ3v) is 4.76. The Bertz CT molecular complexity index is 816. The predicted octanol–water partition coefficient (Wildman–Crippen LogP) is 3.03. The number of nitrogen functional groups attached to an aromatic ring is 1. The van der Waals surface area contributed by atoms with E-state index in [-0.39, 0.29) is 5.11 Å². The molecule has 0 spiro atoms. The van der Waals surface area contributed by atoms with Crippen LogP contribution >= 0.6 is 23.8 Å². The average molecular weight is 404 g/mol. The number of fused-ring (bicyclic) bond motifs is 1. The Labute approximate surface area is 158 Å². The van der Waals surface area contributed by atoms with Gasteiger partial charge in [-0.2, -0.15) is 13.2 Å². The first-order valence-corrected chi connectivity index (χ1v) is 8.72. The van der Waals surface area contributed by atoms with Crippen LogP contribution in [0.4, 0.5) is 24.7 Å². The molecule has 0 bridgehead atoms. The number of benzene rings is 1. The lowest BCUT2D eigenvalue weighted by atomic mass is 10.1. The van der Waals surface area contributed by atoms with Crippen molar-refractivity contribution in [2.45, 2.75) is 6.18 Å². The fraction of sp³-hybridized carbons (Fsp3) is 0.375. The van der Waals surface area contributed by atoms with Crippen molar-refractivity contribution in [3.05, 3.63) is 29.3 Å². The monoisotopic (exact) mass is 403 g/mol. The van der Waals surface area contributed by atoms with E-state index in [1.54, 1.807) is 23.1 Å². The van der Waals surface area contributed by atoms with Gasteiger partial charge in [-0.25, -0.2) is 4.98 Å². The molecular weight excluding hydrogens is 387 g/mol. The van der Waals surface area contributed by atoms with Crippen molar-refractivity contribution in [1.29, 1.82) is 0 Å². The van der Waals surface area contributed by atoms with Gasteiger partial charge in [0.05, 0.1) is 5.52 Å². The summed E-state index contributed by atoms with van der Waals surface area (Å²) in [5.74, 6) is 0.388. The van der Waals surface area contributed by atoms with Crippen LogP contribution in [0.15, 0.2) is 24.3 Å². The van der Waals surface area contributed by atoms with E-state index < -0.39 is 12.7 Å². The van der Waals surface area contributed by atoms with E-state index in [0.29, 0.717) is 42.5 Å². The molecular formula is C16H17ClF3N5S. The molecule has 1 aromatic heterocycles. The van der Waals surface area contributed by atoms with Crippen molar-refractivity contribution in [3.63, 3.8) is 0 Å². The second kappa shape index (κ2) is 7.32. The molecule has 0 saturated carbocycles. The number of thiocarbonyl (C=S) groups is 1. The SMILES string of the molecule is Nc1cc(N2CCN(C(=S)NCC(F)(F)F)CC2)c2ccc(Cl)cc2n1. The van der Waals surface area contributed by atoms with Crippen LogP contribution in [-0.4, -0.2) is 53.9 Å². The van der Waals surface area contributed by atoms with Crippen molar-refractivity contribution < 1.29 is 13.2 Å². The third-order valence-electron chi connectivity index (χ3n) is 4.12. The summed E-state index contributed by atoms with van der Waals surface area (Å²) in [6, 6.07) is 7.23. The zero-order chi connectivity index (χ0) is 18.9. The number of pyridine rings is 1. The Hall–Kier alpha value is -2.00. The number of piperazine rings is 1. The minimum atomic E-state index is -4.29. The number of anilines is 2. The van der Waals surface area contributed by atoms with Gasteiger partial charge in [0.1, 0.15) is 12.4 Å². The summed E-state index contributed by atoms with van der Waals surface area (Å²) in [4.78, 5) is 8.16. The highest BCUT2D eigenvalue weighted by Crippen LogP contribution is 2.30. The standard InChI is InChI=1S/C16H17ClF3N5S/c17-10-1-2-11-12(7-10)23-14(21)8-13(11)24-3-5-25(6-4-24)15(26)22-9-16(18,19)20/h1-2,7-8H,3-6,9H2,(H2,21,23)(H,22,26). The Morgan fingerprint density at radius 1 is 1.23 bits per heavy atom. The van der Waals surface area contributed by atoms with E-state index in [9.17, 15) is 13.2 Å². The highest BCUT2D eigenvalue weighted by atomic mass is 35.5. The molecule has 3 rings (SSSR count). The topological polar surface area (TPSA) is 57.4 Å². The summed E-state index contributed by atoms with van der Waals surface area (Å²) in [5.41, 5.74) is 7.54. The maximum absolute atomic E-state index is 12.3. The Balaban J connectivity index is 1.70. The molecule has 0 aliphatic carbocycles. The van der Waals surface area contributed by atoms with Gasteiger partial charge in [-0.3, -0.25) is 0 Å². The van der Waals surface area contributed by atoms with E-state index in [2.05, 4.69) is 15.2 Å². The van der Waals surface area contributed by atoms with Crippen molar-refractivity contribution in [3.8, 4) is 0 Å². The molecule has 0 amide bonds. The summed E-state index contributed by atoms with van der Waals surface area (Å²) in [6.45, 7) is 1.12. The lowest BCUT2D eigenvalue weighted by Crippen LogP contribution is -2.52. The molecule has 0 unspecified atom stereocenters. The minimum absolute atomic E-state index is 0.118. The number of hydrogen-bond acceptors (Lipinski definition) is 4. The minimum Gasteiger partial charge on any atom is -0.384 e. The first-order valence-electron chi connectivity index (χ1n) is 7.93. The van der Waals surface area contributed by atoms with Gasteiger partial charge in [0.25, 0.3) is 0 Å². The number of nitrogens with zero attached hydrogens (tertiary/aromatic N) is 3. The molecule has 0 atom stereocenters. The largest absolute Gasteiger partial charge is 0.405 e. The van der Waals surface area contributed by atoms with Gasteiger partial charge in [-0.05, 0) is 30.4 Å². The predicted molar refractivity (Wildman–Crippen MR) is 102 cm³/mol. The zero-order valence-electron chi connectivity index (χ0n) is 13.7. The summed E-state index contributed by atoms with van der Waals surface area (Å²) in [7, 11) is 0. The van der Waals surface area contributed by atoms with Crippen LogP contribution in [0.1, 0.15) is 0 Å². The lowest BCUT2D eigenvalue weighted by Gasteiger charge is -2.38. The molecule has 2 heterocycles. The van der Waals surface area contributed by atoms with Crippen LogP contribution in [0.3, 0.4) is 0 Å². The van der Waals surface area contributed by atoms with Gasteiger partial charge >= 0.3 is 6.18 Å². The molecule has 1 aliphatic rings. The van der Waals surface area contributed by atoms with Crippen LogP contribution < -0.4 is 16.0 Å². The van der Waals surface area contributed by atoms with Crippen molar-refractivity contribution >= 4 is 51.3 Å². The summed E-state index contributed by atoms with van der Waals surface area (Å²) in [5, 5.41) is 3.88. The van der Waals surface area contributed by atoms with Gasteiger partial charge < -0.3 is 20.9 Å². The molecule has 1 aliphatic heterocycles. The van der Waals surface area contributed by atoms with E-state index in [0.717, 1.165) is 11.1 Å². The zero-order valence-corrected chi connectivity index (χ0v) is 15.3. The van der Waals surface area contributed by atoms with Gasteiger partial charge in [-0.1, -0.05) is 11.6 Å². The Morgan fingerprint density at radius 2 is 1.92 bits per heavy atom. The van der Waals surface area contributed by atoms with Crippen LogP contribution in [-0.2, 0) is 0 Å². The van der Waals surface area contributed by atoms with E-state index >= 15 is 0 Å². The Morgan fingerprint density at radius 3 is 2.58 bits per heavy atom. The number of rotatable bonds is 2. The first-order chi connectivity index (χ1) is 12.2. The number of nitrogens with two attached hydrogens (primary N) is 1. The first kappa shape index (κ1) is 18.8. The van der Waals surface area contributed by atoms with Gasteiger partial charge in [0.15, 0.2) is 5.11 Å². The second-order valence-corrected chi connectivity index (χ2v) is 6.80. The molecule has 1 fully saturated rings. The second-order valence-electron chi connectivity index (χ2n) is 5.98. The van der Waals surface area contributed by atoms with Gasteiger partial charge in [0, 0.05) is 48.3 Å². The summed E-state index contributed by atoms with van der Waals surface area (Å²) in [6.07, 6.45) is -4.29. The molecule has 10 heteroatoms. The number of halogens is 4. The van der Waals surface area contributed by atoms with Crippen LogP contribution in [0.5, 0.6) is 0 Å². The van der Waals surface area contributed by atoms with E-state index in [4.69, 9.17) is 29.6 Å². The van der Waals surface area contributed by atoms with Crippen LogP contribution in [0, 0.1) is 0 Å². The molecule has 0 radical (unpaired) electrons. The van der Waals surface area contributed by atoms with Crippen LogP contribution in [0.2, 0.25) is 5.02 Å². The van der Waals surface area contributed by atoms with Gasteiger partial charge in [0.2, 0.25) is 0 Å². The van der Waals surface area contributed by atoms with E-state index in [1.807, 2.05) is 6.07 Å². The van der Waals surface area contributed by atoms with E-state index in [1.165, 1.54) is 0 Å². The molecule has 1 aromatic carbocycles. The molecule has 2 aromatic rings. The molecule has 140 valence electrons. The Kier molecular flexibility index (Phi) is 5.29. The lowest BCUT2D eigenvalue weighted by molar-refractivity contribution is -0.122. The van der Waals surface area contributed by atoms with Crippen molar-refractivity contribution in [1.82, 2.24) is 15.2 Å². The maximum atomic E-state index is 12.3. The molecule has 1 saturated heterocycles. The van der Waals surface area contributed by atoms with Crippen molar-refractivity contribution in [2.24, 2.45) is 0 Å². The average Bonchev–Trinajstić information content (AvgIpc) is 2.58. The summed E-state index contributed by atoms with van der Waals surface area (Å²) >= 11 is 11.1. The summed E-state index contributed by atoms with van der Waals surface area (Å²) < 4.78 is 36.9. The van der Waals surface area contributed by atoms with Crippen molar-refractivity contribution in [2.75, 3.05) is 43.4 Å². The molecule has 26 heavy (non-hydrogen) atoms. The highest BCUT2D eigenvalue weighted by molar-refractivity contribution is 7.80. The number of alkyl halides is 3. The molecule has 5 nitrogen and oxygen atoms in total. The number of nitrogens with one attached hydrogen (secondary N) is 1. The fourth-order valence-electron chi connectivity index (χ4n) is 2.90. The fourth-order valence-corrected chi connectivity index (χ4v) is 3.32. The van der Waals surface area contributed by atoms with Crippen LogP contribution in [0.25, 0.3) is 10.9 Å². The third kappa shape index (κ3) is 4.39. The smallest absolute Gasteiger partial charge is 0.384 e. The maximum Gasteiger partial charge on any atom is 0.405 e. The highest BCUT2D eigenvalue weighted by Gasteiger charge is 2.28. The normalized spacial score (nSPS) is 15.4.